The van der Waals surface area contributed by atoms with Crippen LogP contribution in [0.1, 0.15) is 13.8 Å². The van der Waals surface area contributed by atoms with E-state index in [2.05, 4.69) is 15.6 Å². The van der Waals surface area contributed by atoms with Crippen LogP contribution in [0.4, 0.5) is 0 Å². The summed E-state index contributed by atoms with van der Waals surface area (Å²) in [4.78, 5) is 32.3. The Balaban J connectivity index is 3.75. The molecule has 0 rings (SSSR count). The summed E-state index contributed by atoms with van der Waals surface area (Å²) in [7, 11) is 0. The van der Waals surface area contributed by atoms with Gasteiger partial charge in [0.15, 0.2) is 6.61 Å². The lowest BCUT2D eigenvalue weighted by atomic mass is 10.4. The van der Waals surface area contributed by atoms with E-state index in [1.54, 1.807) is 19.1 Å². The summed E-state index contributed by atoms with van der Waals surface area (Å²) in [5.74, 6) is -1.65. The second-order valence-electron chi connectivity index (χ2n) is 2.72. The van der Waals surface area contributed by atoms with E-state index in [-0.39, 0.29) is 0 Å². The maximum atomic E-state index is 11.0. The monoisotopic (exact) mass is 226 g/mol. The molecule has 0 fully saturated rings. The van der Waals surface area contributed by atoms with Crippen LogP contribution in [0.25, 0.3) is 0 Å². The fraction of sp³-hybridized carbons (Fsp3) is 0.300. The molecular weight excluding hydrogens is 212 g/mol. The zero-order valence-corrected chi connectivity index (χ0v) is 9.15. The molecule has 2 amide bonds. The van der Waals surface area contributed by atoms with Gasteiger partial charge in [-0.05, 0) is 6.92 Å². The van der Waals surface area contributed by atoms with Gasteiger partial charge in [0.05, 0.1) is 0 Å². The number of ether oxygens (including phenoxy) is 1. The molecule has 0 aliphatic carbocycles. The third-order valence-corrected chi connectivity index (χ3v) is 1.26. The summed E-state index contributed by atoms with van der Waals surface area (Å²) >= 11 is 0. The average Bonchev–Trinajstić information content (AvgIpc) is 2.24. The molecule has 0 saturated carbocycles. The van der Waals surface area contributed by atoms with Crippen LogP contribution in [-0.4, -0.2) is 24.4 Å². The molecule has 0 heterocycles. The van der Waals surface area contributed by atoms with E-state index in [0.29, 0.717) is 0 Å². The van der Waals surface area contributed by atoms with Gasteiger partial charge in [-0.15, -0.1) is 0 Å². The van der Waals surface area contributed by atoms with Crippen LogP contribution in [0.3, 0.4) is 0 Å². The first-order valence-corrected chi connectivity index (χ1v) is 4.57. The molecule has 0 unspecified atom stereocenters. The van der Waals surface area contributed by atoms with Crippen molar-refractivity contribution < 1.29 is 19.1 Å². The zero-order chi connectivity index (χ0) is 12.4. The molecule has 6 nitrogen and oxygen atoms in total. The normalized spacial score (nSPS) is 10.4. The van der Waals surface area contributed by atoms with Crippen molar-refractivity contribution in [1.29, 1.82) is 0 Å². The van der Waals surface area contributed by atoms with E-state index in [0.717, 1.165) is 0 Å². The molecule has 0 aliphatic heterocycles. The maximum absolute atomic E-state index is 11.0. The van der Waals surface area contributed by atoms with Crippen molar-refractivity contribution in [3.05, 3.63) is 24.3 Å². The van der Waals surface area contributed by atoms with Gasteiger partial charge in [-0.3, -0.25) is 20.4 Å². The third-order valence-electron chi connectivity index (χ3n) is 1.26. The number of hydrazine groups is 1. The maximum Gasteiger partial charge on any atom is 0.331 e. The van der Waals surface area contributed by atoms with Gasteiger partial charge in [0.25, 0.3) is 5.91 Å². The highest BCUT2D eigenvalue weighted by Crippen LogP contribution is 1.83. The highest BCUT2D eigenvalue weighted by atomic mass is 16.5. The predicted molar refractivity (Wildman–Crippen MR) is 56.9 cm³/mol. The number of amides is 2. The summed E-state index contributed by atoms with van der Waals surface area (Å²) in [5, 5.41) is 0. The second-order valence-corrected chi connectivity index (χ2v) is 2.72. The molecule has 0 radical (unpaired) electrons. The van der Waals surface area contributed by atoms with Crippen LogP contribution in [0.2, 0.25) is 0 Å². The largest absolute Gasteiger partial charge is 0.452 e. The van der Waals surface area contributed by atoms with E-state index >= 15 is 0 Å². The lowest BCUT2D eigenvalue weighted by Gasteiger charge is -2.04. The first-order valence-electron chi connectivity index (χ1n) is 4.57. The van der Waals surface area contributed by atoms with Crippen LogP contribution >= 0.6 is 0 Å². The smallest absolute Gasteiger partial charge is 0.331 e. The van der Waals surface area contributed by atoms with Gasteiger partial charge >= 0.3 is 5.97 Å². The Hall–Kier alpha value is -2.11. The van der Waals surface area contributed by atoms with Crippen molar-refractivity contribution in [2.75, 3.05) is 6.61 Å². The summed E-state index contributed by atoms with van der Waals surface area (Å²) in [6.45, 7) is 2.60. The third kappa shape index (κ3) is 8.49. The fourth-order valence-electron chi connectivity index (χ4n) is 0.624. The number of carbonyl (C=O) groups excluding carboxylic acids is 3. The molecule has 0 aromatic heterocycles. The highest BCUT2D eigenvalue weighted by Gasteiger charge is 2.04. The van der Waals surface area contributed by atoms with Crippen LogP contribution < -0.4 is 10.9 Å². The van der Waals surface area contributed by atoms with Crippen molar-refractivity contribution in [2.24, 2.45) is 0 Å². The number of hydrogen-bond acceptors (Lipinski definition) is 4. The number of esters is 1. The minimum Gasteiger partial charge on any atom is -0.452 e. The van der Waals surface area contributed by atoms with Gasteiger partial charge in [-0.25, -0.2) is 4.79 Å². The minimum atomic E-state index is -0.629. The molecule has 0 aromatic rings. The van der Waals surface area contributed by atoms with Crippen molar-refractivity contribution in [2.45, 2.75) is 13.8 Å². The van der Waals surface area contributed by atoms with E-state index in [9.17, 15) is 14.4 Å². The van der Waals surface area contributed by atoms with Crippen LogP contribution in [-0.2, 0) is 19.1 Å². The number of allylic oxidation sites excluding steroid dienone is 3. The van der Waals surface area contributed by atoms with Gasteiger partial charge in [-0.2, -0.15) is 0 Å². The molecule has 88 valence electrons. The lowest BCUT2D eigenvalue weighted by molar-refractivity contribution is -0.144. The molecule has 2 N–H and O–H groups in total. The van der Waals surface area contributed by atoms with Gasteiger partial charge in [0.1, 0.15) is 0 Å². The number of hydrogen-bond donors (Lipinski definition) is 2. The predicted octanol–water partition coefficient (Wildman–Crippen LogP) is -0.171. The van der Waals surface area contributed by atoms with Gasteiger partial charge in [-0.1, -0.05) is 18.2 Å². The van der Waals surface area contributed by atoms with Crippen LogP contribution in [0.5, 0.6) is 0 Å². The molecule has 16 heavy (non-hydrogen) atoms. The van der Waals surface area contributed by atoms with Crippen molar-refractivity contribution >= 4 is 17.8 Å². The van der Waals surface area contributed by atoms with Gasteiger partial charge in [0, 0.05) is 13.0 Å². The minimum absolute atomic E-state index is 0.410. The SMILES string of the molecule is C/C=C/C=C/C(=O)OCC(=O)NNC(C)=O. The van der Waals surface area contributed by atoms with Crippen molar-refractivity contribution in [3.63, 3.8) is 0 Å². The first-order chi connectivity index (χ1) is 7.56. The van der Waals surface area contributed by atoms with E-state index < -0.39 is 24.4 Å². The number of carbonyl (C=O) groups is 3. The fourth-order valence-corrected chi connectivity index (χ4v) is 0.624. The average molecular weight is 226 g/mol. The Morgan fingerprint density at radius 2 is 1.88 bits per heavy atom. The Morgan fingerprint density at radius 3 is 2.44 bits per heavy atom. The second kappa shape index (κ2) is 8.22. The number of nitrogens with one attached hydrogen (secondary N) is 2. The zero-order valence-electron chi connectivity index (χ0n) is 9.15. The van der Waals surface area contributed by atoms with Gasteiger partial charge < -0.3 is 4.74 Å². The number of rotatable bonds is 4. The molecular formula is C10H14N2O4. The van der Waals surface area contributed by atoms with Crippen LogP contribution in [0.15, 0.2) is 24.3 Å². The van der Waals surface area contributed by atoms with Crippen molar-refractivity contribution in [3.8, 4) is 0 Å². The Kier molecular flexibility index (Phi) is 7.14. The summed E-state index contributed by atoms with van der Waals surface area (Å²) in [6.07, 6.45) is 6.08. The standard InChI is InChI=1S/C10H14N2O4/c1-3-4-5-6-10(15)16-7-9(14)12-11-8(2)13/h3-6H,7H2,1-2H3,(H,11,13)(H,12,14)/b4-3+,6-5+. The first kappa shape index (κ1) is 13.9. The summed E-state index contributed by atoms with van der Waals surface area (Å²) in [5.41, 5.74) is 4.11. The molecule has 0 aliphatic rings. The lowest BCUT2D eigenvalue weighted by Crippen LogP contribution is -2.42. The molecule has 0 aromatic carbocycles. The quantitative estimate of drug-likeness (QED) is 0.301. The Bertz CT molecular complexity index is 321. The van der Waals surface area contributed by atoms with Gasteiger partial charge in [0.2, 0.25) is 5.91 Å². The molecule has 0 atom stereocenters. The summed E-state index contributed by atoms with van der Waals surface area (Å²) in [6, 6.07) is 0. The molecule has 0 spiro atoms. The highest BCUT2D eigenvalue weighted by molar-refractivity contribution is 5.86. The van der Waals surface area contributed by atoms with Crippen LogP contribution in [0, 0.1) is 0 Å². The topological polar surface area (TPSA) is 84.5 Å². The molecule has 6 heteroatoms. The molecule has 0 saturated heterocycles. The van der Waals surface area contributed by atoms with E-state index in [1.165, 1.54) is 19.1 Å². The molecule has 0 bridgehead atoms. The van der Waals surface area contributed by atoms with E-state index in [1.807, 2.05) is 0 Å². The van der Waals surface area contributed by atoms with Crippen molar-refractivity contribution in [1.82, 2.24) is 10.9 Å². The summed E-state index contributed by atoms with van der Waals surface area (Å²) < 4.78 is 4.56. The Morgan fingerprint density at radius 1 is 1.19 bits per heavy atom. The van der Waals surface area contributed by atoms with E-state index in [4.69, 9.17) is 0 Å². The Labute approximate surface area is 93.3 Å².